The van der Waals surface area contributed by atoms with Crippen molar-refractivity contribution in [3.8, 4) is 5.75 Å². The van der Waals surface area contributed by atoms with Crippen LogP contribution in [0.15, 0.2) is 54.9 Å². The van der Waals surface area contributed by atoms with E-state index >= 15 is 0 Å². The zero-order chi connectivity index (χ0) is 19.5. The summed E-state index contributed by atoms with van der Waals surface area (Å²) in [5.74, 6) is -0.751. The number of carbonyl (C=O) groups is 1. The number of carboxylic acids is 1. The molecule has 2 heterocycles. The molecule has 6 heteroatoms. The lowest BCUT2D eigenvalue weighted by Gasteiger charge is -2.37. The topological polar surface area (TPSA) is 85.7 Å². The minimum Gasteiger partial charge on any atom is -0.507 e. The number of aromatic nitrogens is 1. The molecule has 4 rings (SSSR count). The van der Waals surface area contributed by atoms with Gasteiger partial charge in [-0.25, -0.2) is 0 Å². The number of carboxylic acid groups (broad SMARTS) is 1. The van der Waals surface area contributed by atoms with Crippen LogP contribution in [0.25, 0.3) is 10.8 Å². The maximum Gasteiger partial charge on any atom is 0.307 e. The fourth-order valence-corrected chi connectivity index (χ4v) is 4.06. The molecule has 28 heavy (non-hydrogen) atoms. The Bertz CT molecular complexity index is 985. The van der Waals surface area contributed by atoms with Crippen LogP contribution in [0.4, 0.5) is 0 Å². The molecule has 1 fully saturated rings. The fraction of sp³-hybridized carbons (Fsp3) is 0.273. The zero-order valence-corrected chi connectivity index (χ0v) is 15.5. The predicted octanol–water partition coefficient (Wildman–Crippen LogP) is 2.56. The van der Waals surface area contributed by atoms with Gasteiger partial charge in [0.15, 0.2) is 0 Å². The third kappa shape index (κ3) is 3.56. The lowest BCUT2D eigenvalue weighted by Crippen LogP contribution is -2.45. The van der Waals surface area contributed by atoms with E-state index in [2.05, 4.69) is 15.2 Å². The van der Waals surface area contributed by atoms with Crippen LogP contribution < -0.4 is 5.32 Å². The second-order valence-electron chi connectivity index (χ2n) is 7.06. The Balaban J connectivity index is 1.95. The highest BCUT2D eigenvalue weighted by Gasteiger charge is 2.30. The molecule has 0 spiro atoms. The number of phenolic OH excluding ortho intramolecular Hbond substituents is 1. The van der Waals surface area contributed by atoms with Gasteiger partial charge in [0.2, 0.25) is 0 Å². The molecule has 144 valence electrons. The molecule has 3 aromatic rings. The molecule has 1 unspecified atom stereocenters. The standard InChI is InChI=1S/C22H23N3O3/c26-19(27)14-17-13-16-3-1-2-4-18(16)22(28)20(17)21(15-5-7-23-8-6-15)25-11-9-24-10-12-25/h1-8,13,21,24,28H,9-12,14H2,(H,26,27). The van der Waals surface area contributed by atoms with Crippen LogP contribution >= 0.6 is 0 Å². The molecule has 1 aliphatic heterocycles. The third-order valence-corrected chi connectivity index (χ3v) is 5.30. The number of aromatic hydroxyl groups is 1. The number of benzene rings is 2. The first-order valence-electron chi connectivity index (χ1n) is 9.45. The van der Waals surface area contributed by atoms with E-state index in [0.717, 1.165) is 42.5 Å². The van der Waals surface area contributed by atoms with E-state index in [1.165, 1.54) is 0 Å². The van der Waals surface area contributed by atoms with Crippen molar-refractivity contribution in [2.75, 3.05) is 26.2 Å². The average molecular weight is 377 g/mol. The Morgan fingerprint density at radius 2 is 1.86 bits per heavy atom. The van der Waals surface area contributed by atoms with E-state index in [1.807, 2.05) is 42.5 Å². The van der Waals surface area contributed by atoms with Crippen LogP contribution in [0, 0.1) is 0 Å². The summed E-state index contributed by atoms with van der Waals surface area (Å²) < 4.78 is 0. The van der Waals surface area contributed by atoms with Crippen molar-refractivity contribution in [1.82, 2.24) is 15.2 Å². The van der Waals surface area contributed by atoms with Gasteiger partial charge in [0, 0.05) is 49.5 Å². The van der Waals surface area contributed by atoms with E-state index in [-0.39, 0.29) is 18.2 Å². The van der Waals surface area contributed by atoms with Crippen molar-refractivity contribution in [3.05, 3.63) is 71.5 Å². The molecule has 0 amide bonds. The minimum absolute atomic E-state index is 0.137. The molecule has 2 aromatic carbocycles. The number of nitrogens with one attached hydrogen (secondary N) is 1. The van der Waals surface area contributed by atoms with E-state index in [9.17, 15) is 15.0 Å². The van der Waals surface area contributed by atoms with Gasteiger partial charge in [-0.1, -0.05) is 24.3 Å². The maximum atomic E-state index is 11.6. The summed E-state index contributed by atoms with van der Waals surface area (Å²) in [4.78, 5) is 18.0. The van der Waals surface area contributed by atoms with Gasteiger partial charge >= 0.3 is 5.97 Å². The first-order valence-corrected chi connectivity index (χ1v) is 9.45. The highest BCUT2D eigenvalue weighted by atomic mass is 16.4. The Morgan fingerprint density at radius 3 is 2.57 bits per heavy atom. The van der Waals surface area contributed by atoms with Crippen LogP contribution in [0.3, 0.4) is 0 Å². The normalized spacial score (nSPS) is 16.1. The number of nitrogens with zero attached hydrogens (tertiary/aromatic N) is 2. The van der Waals surface area contributed by atoms with Gasteiger partial charge in [0.05, 0.1) is 12.5 Å². The Morgan fingerprint density at radius 1 is 1.14 bits per heavy atom. The molecule has 1 aliphatic rings. The number of pyridine rings is 1. The monoisotopic (exact) mass is 377 g/mol. The molecular formula is C22H23N3O3. The molecule has 0 saturated carbocycles. The Labute approximate surface area is 163 Å². The fourth-order valence-electron chi connectivity index (χ4n) is 4.06. The number of rotatable bonds is 5. The molecule has 0 radical (unpaired) electrons. The summed E-state index contributed by atoms with van der Waals surface area (Å²) in [6, 6.07) is 13.1. The summed E-state index contributed by atoms with van der Waals surface area (Å²) in [5, 5.41) is 25.7. The van der Waals surface area contributed by atoms with Crippen molar-refractivity contribution in [1.29, 1.82) is 0 Å². The van der Waals surface area contributed by atoms with Gasteiger partial charge in [-0.2, -0.15) is 0 Å². The maximum absolute atomic E-state index is 11.6. The van der Waals surface area contributed by atoms with Gasteiger partial charge in [-0.3, -0.25) is 14.7 Å². The van der Waals surface area contributed by atoms with E-state index in [4.69, 9.17) is 0 Å². The third-order valence-electron chi connectivity index (χ3n) is 5.30. The largest absolute Gasteiger partial charge is 0.507 e. The van der Waals surface area contributed by atoms with Crippen molar-refractivity contribution in [2.45, 2.75) is 12.5 Å². The molecule has 1 atom stereocenters. The van der Waals surface area contributed by atoms with Gasteiger partial charge in [-0.05, 0) is 34.7 Å². The van der Waals surface area contributed by atoms with Crippen LogP contribution in [0.2, 0.25) is 0 Å². The number of phenols is 1. The first-order chi connectivity index (χ1) is 13.6. The number of piperazine rings is 1. The Hall–Kier alpha value is -2.96. The molecule has 0 bridgehead atoms. The van der Waals surface area contributed by atoms with E-state index < -0.39 is 5.97 Å². The van der Waals surface area contributed by atoms with E-state index in [1.54, 1.807) is 12.4 Å². The molecule has 1 saturated heterocycles. The molecular weight excluding hydrogens is 354 g/mol. The molecule has 3 N–H and O–H groups in total. The van der Waals surface area contributed by atoms with Crippen molar-refractivity contribution in [2.24, 2.45) is 0 Å². The summed E-state index contributed by atoms with van der Waals surface area (Å²) in [6.45, 7) is 3.33. The summed E-state index contributed by atoms with van der Waals surface area (Å²) >= 11 is 0. The van der Waals surface area contributed by atoms with Crippen molar-refractivity contribution < 1.29 is 15.0 Å². The molecule has 6 nitrogen and oxygen atoms in total. The predicted molar refractivity (Wildman–Crippen MR) is 107 cm³/mol. The zero-order valence-electron chi connectivity index (χ0n) is 15.5. The summed E-state index contributed by atoms with van der Waals surface area (Å²) in [5.41, 5.74) is 2.31. The van der Waals surface area contributed by atoms with Crippen LogP contribution in [0.5, 0.6) is 5.75 Å². The van der Waals surface area contributed by atoms with Gasteiger partial charge in [-0.15, -0.1) is 0 Å². The van der Waals surface area contributed by atoms with Gasteiger partial charge in [0.25, 0.3) is 0 Å². The number of hydrogen-bond donors (Lipinski definition) is 3. The van der Waals surface area contributed by atoms with Crippen molar-refractivity contribution >= 4 is 16.7 Å². The summed E-state index contributed by atoms with van der Waals surface area (Å²) in [6.07, 6.45) is 3.33. The Kier molecular flexibility index (Phi) is 5.23. The van der Waals surface area contributed by atoms with Crippen molar-refractivity contribution in [3.63, 3.8) is 0 Å². The number of aliphatic carboxylic acids is 1. The first kappa shape index (κ1) is 18.4. The van der Waals surface area contributed by atoms with Gasteiger partial charge < -0.3 is 15.5 Å². The highest BCUT2D eigenvalue weighted by Crippen LogP contribution is 2.41. The quantitative estimate of drug-likeness (QED) is 0.634. The van der Waals surface area contributed by atoms with Crippen LogP contribution in [-0.2, 0) is 11.2 Å². The second-order valence-corrected chi connectivity index (χ2v) is 7.06. The molecule has 1 aromatic heterocycles. The lowest BCUT2D eigenvalue weighted by atomic mass is 9.88. The van der Waals surface area contributed by atoms with Crippen LogP contribution in [0.1, 0.15) is 22.7 Å². The molecule has 0 aliphatic carbocycles. The highest BCUT2D eigenvalue weighted by molar-refractivity contribution is 5.91. The SMILES string of the molecule is O=C(O)Cc1cc2ccccc2c(O)c1C(c1ccncc1)N1CCNCC1. The number of hydrogen-bond acceptors (Lipinski definition) is 5. The lowest BCUT2D eigenvalue weighted by molar-refractivity contribution is -0.136. The van der Waals surface area contributed by atoms with Gasteiger partial charge in [0.1, 0.15) is 5.75 Å². The minimum atomic E-state index is -0.912. The second kappa shape index (κ2) is 7.96. The average Bonchev–Trinajstić information content (AvgIpc) is 2.72. The smallest absolute Gasteiger partial charge is 0.307 e. The van der Waals surface area contributed by atoms with Crippen LogP contribution in [-0.4, -0.2) is 52.2 Å². The summed E-state index contributed by atoms with van der Waals surface area (Å²) in [7, 11) is 0. The number of fused-ring (bicyclic) bond motifs is 1. The van der Waals surface area contributed by atoms with E-state index in [0.29, 0.717) is 11.1 Å².